The number of hydrogen-bond acceptors (Lipinski definition) is 2. The van der Waals surface area contributed by atoms with E-state index >= 15 is 0 Å². The lowest BCUT2D eigenvalue weighted by atomic mass is 10.0. The summed E-state index contributed by atoms with van der Waals surface area (Å²) in [6.45, 7) is 15.1. The van der Waals surface area contributed by atoms with Crippen molar-refractivity contribution in [3.63, 3.8) is 0 Å². The second kappa shape index (κ2) is 4.77. The summed E-state index contributed by atoms with van der Waals surface area (Å²) in [7, 11) is 0. The number of rotatable bonds is 3. The van der Waals surface area contributed by atoms with E-state index in [2.05, 4.69) is 37.6 Å². The molecule has 1 aliphatic rings. The third kappa shape index (κ3) is 3.49. The van der Waals surface area contributed by atoms with Gasteiger partial charge in [0, 0.05) is 32.2 Å². The zero-order chi connectivity index (χ0) is 9.84. The molecule has 0 saturated carbocycles. The fourth-order valence-corrected chi connectivity index (χ4v) is 1.81. The first-order valence-corrected chi connectivity index (χ1v) is 5.19. The molecule has 1 fully saturated rings. The fraction of sp³-hybridized carbons (Fsp3) is 0.818. The van der Waals surface area contributed by atoms with Crippen molar-refractivity contribution >= 4 is 0 Å². The first-order valence-electron chi connectivity index (χ1n) is 5.19. The van der Waals surface area contributed by atoms with E-state index in [0.29, 0.717) is 6.04 Å². The number of nitrogens with zero attached hydrogens (tertiary/aromatic N) is 1. The first-order chi connectivity index (χ1) is 6.09. The van der Waals surface area contributed by atoms with Gasteiger partial charge in [-0.05, 0) is 12.8 Å². The van der Waals surface area contributed by atoms with Gasteiger partial charge in [0.05, 0.1) is 0 Å². The van der Waals surface area contributed by atoms with Crippen molar-refractivity contribution in [3.05, 3.63) is 12.2 Å². The number of nitrogens with one attached hydrogen (secondary N) is 1. The number of piperazine rings is 1. The maximum Gasteiger partial charge on any atom is 0.0218 e. The van der Waals surface area contributed by atoms with Crippen LogP contribution in [0.25, 0.3) is 0 Å². The molecule has 0 aromatic carbocycles. The van der Waals surface area contributed by atoms with Gasteiger partial charge in [-0.2, -0.15) is 0 Å². The average molecular weight is 182 g/mol. The van der Waals surface area contributed by atoms with Gasteiger partial charge in [-0.3, -0.25) is 4.90 Å². The highest BCUT2D eigenvalue weighted by Gasteiger charge is 2.20. The highest BCUT2D eigenvalue weighted by atomic mass is 15.2. The second-order valence-corrected chi connectivity index (χ2v) is 4.50. The highest BCUT2D eigenvalue weighted by Crippen LogP contribution is 2.08. The molecule has 0 spiro atoms. The molecule has 1 atom stereocenters. The van der Waals surface area contributed by atoms with Gasteiger partial charge < -0.3 is 5.32 Å². The van der Waals surface area contributed by atoms with E-state index in [1.807, 2.05) is 0 Å². The minimum atomic E-state index is 0.660. The molecule has 0 amide bonds. The Kier molecular flexibility index (Phi) is 3.94. The Balaban J connectivity index is 2.37. The third-order valence-electron chi connectivity index (χ3n) is 2.59. The van der Waals surface area contributed by atoms with E-state index in [4.69, 9.17) is 0 Å². The minimum absolute atomic E-state index is 0.660. The van der Waals surface area contributed by atoms with Gasteiger partial charge >= 0.3 is 0 Å². The summed E-state index contributed by atoms with van der Waals surface area (Å²) in [6, 6.07) is 0.660. The predicted molar refractivity (Wildman–Crippen MR) is 57.9 cm³/mol. The van der Waals surface area contributed by atoms with Crippen LogP contribution in [0.4, 0.5) is 0 Å². The molecule has 13 heavy (non-hydrogen) atoms. The molecule has 1 aliphatic heterocycles. The van der Waals surface area contributed by atoms with Crippen molar-refractivity contribution in [1.29, 1.82) is 0 Å². The molecule has 76 valence electrons. The molecule has 0 aromatic heterocycles. The van der Waals surface area contributed by atoms with Gasteiger partial charge in [-0.25, -0.2) is 0 Å². The molecule has 1 N–H and O–H groups in total. The first kappa shape index (κ1) is 10.7. The van der Waals surface area contributed by atoms with Gasteiger partial charge in [0.1, 0.15) is 0 Å². The van der Waals surface area contributed by atoms with Crippen LogP contribution in [0.3, 0.4) is 0 Å². The van der Waals surface area contributed by atoms with Crippen LogP contribution in [0.15, 0.2) is 12.2 Å². The Morgan fingerprint density at radius 3 is 2.85 bits per heavy atom. The summed E-state index contributed by atoms with van der Waals surface area (Å²) in [6.07, 6.45) is 0. The predicted octanol–water partition coefficient (Wildman–Crippen LogP) is 1.49. The van der Waals surface area contributed by atoms with Crippen LogP contribution in [-0.2, 0) is 0 Å². The summed E-state index contributed by atoms with van der Waals surface area (Å²) < 4.78 is 0. The van der Waals surface area contributed by atoms with Gasteiger partial charge in [0.2, 0.25) is 0 Å². The van der Waals surface area contributed by atoms with Crippen LogP contribution in [-0.4, -0.2) is 37.1 Å². The van der Waals surface area contributed by atoms with E-state index in [0.717, 1.165) is 25.6 Å². The minimum Gasteiger partial charge on any atom is -0.311 e. The van der Waals surface area contributed by atoms with E-state index in [1.54, 1.807) is 0 Å². The maximum absolute atomic E-state index is 3.96. The van der Waals surface area contributed by atoms with Crippen LogP contribution in [0.5, 0.6) is 0 Å². The summed E-state index contributed by atoms with van der Waals surface area (Å²) in [4.78, 5) is 2.49. The average Bonchev–Trinajstić information content (AvgIpc) is 2.03. The third-order valence-corrected chi connectivity index (χ3v) is 2.59. The molecule has 0 aromatic rings. The summed E-state index contributed by atoms with van der Waals surface area (Å²) >= 11 is 0. The van der Waals surface area contributed by atoms with E-state index < -0.39 is 0 Å². The Morgan fingerprint density at radius 2 is 2.31 bits per heavy atom. The van der Waals surface area contributed by atoms with Crippen LogP contribution in [0, 0.1) is 5.92 Å². The summed E-state index contributed by atoms with van der Waals surface area (Å²) in [5.74, 6) is 0.730. The van der Waals surface area contributed by atoms with Gasteiger partial charge in [-0.15, -0.1) is 0 Å². The molecule has 0 bridgehead atoms. The van der Waals surface area contributed by atoms with Gasteiger partial charge in [-0.1, -0.05) is 26.0 Å². The van der Waals surface area contributed by atoms with Crippen molar-refractivity contribution in [3.8, 4) is 0 Å². The molecular formula is C11H22N2. The van der Waals surface area contributed by atoms with E-state index in [1.165, 1.54) is 12.1 Å². The fourth-order valence-electron chi connectivity index (χ4n) is 1.81. The molecule has 0 aliphatic carbocycles. The smallest absolute Gasteiger partial charge is 0.0218 e. The zero-order valence-corrected chi connectivity index (χ0v) is 9.14. The van der Waals surface area contributed by atoms with Crippen molar-refractivity contribution in [2.45, 2.75) is 26.8 Å². The SMILES string of the molecule is C=C(C)CN1CCNC(C(C)C)C1. The Morgan fingerprint density at radius 1 is 1.62 bits per heavy atom. The molecular weight excluding hydrogens is 160 g/mol. The molecule has 2 heteroatoms. The van der Waals surface area contributed by atoms with E-state index in [-0.39, 0.29) is 0 Å². The molecule has 2 nitrogen and oxygen atoms in total. The van der Waals surface area contributed by atoms with Crippen LogP contribution < -0.4 is 5.32 Å². The van der Waals surface area contributed by atoms with Crippen molar-refractivity contribution in [1.82, 2.24) is 10.2 Å². The molecule has 0 radical (unpaired) electrons. The lowest BCUT2D eigenvalue weighted by Gasteiger charge is -2.35. The van der Waals surface area contributed by atoms with Crippen LogP contribution in [0.1, 0.15) is 20.8 Å². The largest absolute Gasteiger partial charge is 0.311 e. The molecule has 1 saturated heterocycles. The standard InChI is InChI=1S/C11H22N2/c1-9(2)7-13-6-5-12-11(8-13)10(3)4/h10-12H,1,5-8H2,2-4H3. The topological polar surface area (TPSA) is 15.3 Å². The monoisotopic (exact) mass is 182 g/mol. The van der Waals surface area contributed by atoms with Crippen LogP contribution in [0.2, 0.25) is 0 Å². The van der Waals surface area contributed by atoms with Crippen LogP contribution >= 0.6 is 0 Å². The Hall–Kier alpha value is -0.340. The molecule has 1 rings (SSSR count). The Bertz CT molecular complexity index is 175. The maximum atomic E-state index is 3.96. The second-order valence-electron chi connectivity index (χ2n) is 4.50. The van der Waals surface area contributed by atoms with E-state index in [9.17, 15) is 0 Å². The molecule has 1 unspecified atom stereocenters. The summed E-state index contributed by atoms with van der Waals surface area (Å²) in [5.41, 5.74) is 1.27. The lowest BCUT2D eigenvalue weighted by molar-refractivity contribution is 0.187. The normalized spacial score (nSPS) is 25.1. The number of hydrogen-bond donors (Lipinski definition) is 1. The lowest BCUT2D eigenvalue weighted by Crippen LogP contribution is -2.52. The zero-order valence-electron chi connectivity index (χ0n) is 9.14. The van der Waals surface area contributed by atoms with Gasteiger partial charge in [0.25, 0.3) is 0 Å². The Labute approximate surface area is 82.0 Å². The molecule has 1 heterocycles. The van der Waals surface area contributed by atoms with Crippen molar-refractivity contribution in [2.75, 3.05) is 26.2 Å². The summed E-state index contributed by atoms with van der Waals surface area (Å²) in [5, 5.41) is 3.55. The van der Waals surface area contributed by atoms with Crippen molar-refractivity contribution in [2.24, 2.45) is 5.92 Å². The van der Waals surface area contributed by atoms with Crippen molar-refractivity contribution < 1.29 is 0 Å². The highest BCUT2D eigenvalue weighted by molar-refractivity contribution is 4.94. The van der Waals surface area contributed by atoms with Gasteiger partial charge in [0.15, 0.2) is 0 Å². The quantitative estimate of drug-likeness (QED) is 0.665.